The molecular formula is C17H20N2O2. The second-order valence-corrected chi connectivity index (χ2v) is 5.39. The molecule has 1 aliphatic rings. The monoisotopic (exact) mass is 284 g/mol. The highest BCUT2D eigenvalue weighted by atomic mass is 16.5. The van der Waals surface area contributed by atoms with Gasteiger partial charge in [0, 0.05) is 30.3 Å². The molecule has 2 aromatic rings. The van der Waals surface area contributed by atoms with Crippen LogP contribution in [0.5, 0.6) is 11.5 Å². The van der Waals surface area contributed by atoms with Crippen LogP contribution in [0.4, 0.5) is 5.69 Å². The molecule has 1 unspecified atom stereocenters. The Balaban J connectivity index is 1.82. The van der Waals surface area contributed by atoms with E-state index in [0.29, 0.717) is 6.54 Å². The van der Waals surface area contributed by atoms with Crippen molar-refractivity contribution in [3.05, 3.63) is 47.3 Å². The van der Waals surface area contributed by atoms with Gasteiger partial charge in [0.1, 0.15) is 17.6 Å². The molecule has 4 nitrogen and oxygen atoms in total. The maximum Gasteiger partial charge on any atom is 0.124 e. The molecule has 1 aromatic heterocycles. The molecule has 0 aliphatic carbocycles. The van der Waals surface area contributed by atoms with Crippen LogP contribution < -0.4 is 14.8 Å². The third-order valence-corrected chi connectivity index (χ3v) is 3.78. The van der Waals surface area contributed by atoms with Gasteiger partial charge in [0.15, 0.2) is 0 Å². The number of nitrogens with one attached hydrogen (secondary N) is 1. The van der Waals surface area contributed by atoms with E-state index < -0.39 is 0 Å². The van der Waals surface area contributed by atoms with Crippen LogP contribution in [0.1, 0.15) is 23.7 Å². The van der Waals surface area contributed by atoms with Gasteiger partial charge in [0.25, 0.3) is 0 Å². The van der Waals surface area contributed by atoms with Gasteiger partial charge in [-0.1, -0.05) is 0 Å². The number of nitrogens with zero attached hydrogens (tertiary/aromatic N) is 1. The van der Waals surface area contributed by atoms with Crippen LogP contribution in [0.25, 0.3) is 0 Å². The summed E-state index contributed by atoms with van der Waals surface area (Å²) < 4.78 is 11.3. The number of fused-ring (bicyclic) bond motifs is 1. The van der Waals surface area contributed by atoms with Crippen LogP contribution in [0.15, 0.2) is 30.5 Å². The van der Waals surface area contributed by atoms with Crippen molar-refractivity contribution in [3.63, 3.8) is 0 Å². The van der Waals surface area contributed by atoms with Gasteiger partial charge in [-0.15, -0.1) is 0 Å². The van der Waals surface area contributed by atoms with Gasteiger partial charge in [-0.05, 0) is 38.1 Å². The Morgan fingerprint density at radius 2 is 2.29 bits per heavy atom. The molecule has 110 valence electrons. The number of rotatable bonds is 4. The molecule has 0 amide bonds. The minimum absolute atomic E-state index is 0.244. The molecule has 1 aliphatic heterocycles. The summed E-state index contributed by atoms with van der Waals surface area (Å²) in [4.78, 5) is 4.28. The van der Waals surface area contributed by atoms with E-state index in [-0.39, 0.29) is 6.10 Å². The van der Waals surface area contributed by atoms with Crippen LogP contribution in [0, 0.1) is 6.92 Å². The second kappa shape index (κ2) is 5.64. The van der Waals surface area contributed by atoms with Crippen molar-refractivity contribution in [1.82, 2.24) is 4.98 Å². The van der Waals surface area contributed by atoms with Gasteiger partial charge in [-0.3, -0.25) is 4.98 Å². The highest BCUT2D eigenvalue weighted by Gasteiger charge is 2.21. The van der Waals surface area contributed by atoms with E-state index in [1.165, 1.54) is 5.56 Å². The first-order valence-electron chi connectivity index (χ1n) is 7.19. The third-order valence-electron chi connectivity index (χ3n) is 3.78. The molecule has 0 saturated carbocycles. The standard InChI is InChI=1S/C17H20N2O2/c1-11-7-13-8-16(20-3)14(9-17(13)21-11)10-19-15-5-4-6-18-12(15)2/h4-6,8-9,11,19H,7,10H2,1-3H3. The fourth-order valence-electron chi connectivity index (χ4n) is 2.67. The van der Waals surface area contributed by atoms with Crippen LogP contribution in [0.2, 0.25) is 0 Å². The van der Waals surface area contributed by atoms with E-state index in [4.69, 9.17) is 9.47 Å². The lowest BCUT2D eigenvalue weighted by Gasteiger charge is -2.13. The molecule has 2 heterocycles. The minimum atomic E-state index is 0.244. The van der Waals surface area contributed by atoms with Crippen molar-refractivity contribution in [2.75, 3.05) is 12.4 Å². The first-order valence-corrected chi connectivity index (χ1v) is 7.19. The van der Waals surface area contributed by atoms with Crippen molar-refractivity contribution >= 4 is 5.69 Å². The topological polar surface area (TPSA) is 43.4 Å². The molecule has 3 rings (SSSR count). The molecular weight excluding hydrogens is 264 g/mol. The summed E-state index contributed by atoms with van der Waals surface area (Å²) in [7, 11) is 1.71. The van der Waals surface area contributed by atoms with E-state index in [1.807, 2.05) is 19.1 Å². The quantitative estimate of drug-likeness (QED) is 0.935. The van der Waals surface area contributed by atoms with Crippen LogP contribution in [0.3, 0.4) is 0 Å². The van der Waals surface area contributed by atoms with Crippen LogP contribution in [-0.2, 0) is 13.0 Å². The Bertz CT molecular complexity index is 655. The molecule has 0 bridgehead atoms. The zero-order valence-corrected chi connectivity index (χ0v) is 12.6. The Labute approximate surface area is 125 Å². The smallest absolute Gasteiger partial charge is 0.124 e. The summed E-state index contributed by atoms with van der Waals surface area (Å²) in [6, 6.07) is 8.13. The number of ether oxygens (including phenoxy) is 2. The molecule has 0 spiro atoms. The van der Waals surface area contributed by atoms with E-state index in [1.54, 1.807) is 13.3 Å². The average Bonchev–Trinajstić information content (AvgIpc) is 2.84. The van der Waals surface area contributed by atoms with Gasteiger partial charge < -0.3 is 14.8 Å². The lowest BCUT2D eigenvalue weighted by atomic mass is 10.1. The highest BCUT2D eigenvalue weighted by molar-refractivity contribution is 5.52. The molecule has 4 heteroatoms. The molecule has 1 N–H and O–H groups in total. The summed E-state index contributed by atoms with van der Waals surface area (Å²) in [6.45, 7) is 4.76. The Morgan fingerprint density at radius 3 is 3.05 bits per heavy atom. The first-order chi connectivity index (χ1) is 10.2. The SMILES string of the molecule is COc1cc2c(cc1CNc1cccnc1C)OC(C)C2. The molecule has 0 radical (unpaired) electrons. The number of pyridine rings is 1. The zero-order chi connectivity index (χ0) is 14.8. The fraction of sp³-hybridized carbons (Fsp3) is 0.353. The Hall–Kier alpha value is -2.23. The number of methoxy groups -OCH3 is 1. The number of aromatic nitrogens is 1. The summed E-state index contributed by atoms with van der Waals surface area (Å²) >= 11 is 0. The largest absolute Gasteiger partial charge is 0.496 e. The number of aryl methyl sites for hydroxylation is 1. The number of anilines is 1. The first kappa shape index (κ1) is 13.7. The molecule has 0 fully saturated rings. The lowest BCUT2D eigenvalue weighted by Crippen LogP contribution is -2.05. The van der Waals surface area contributed by atoms with E-state index >= 15 is 0 Å². The van der Waals surface area contributed by atoms with Gasteiger partial charge in [-0.2, -0.15) is 0 Å². The van der Waals surface area contributed by atoms with E-state index in [2.05, 4.69) is 29.4 Å². The van der Waals surface area contributed by atoms with Gasteiger partial charge in [0.05, 0.1) is 18.5 Å². The van der Waals surface area contributed by atoms with Crippen molar-refractivity contribution in [2.24, 2.45) is 0 Å². The molecule has 1 aromatic carbocycles. The van der Waals surface area contributed by atoms with Crippen molar-refractivity contribution < 1.29 is 9.47 Å². The maximum absolute atomic E-state index is 5.83. The summed E-state index contributed by atoms with van der Waals surface area (Å²) in [5, 5.41) is 3.41. The van der Waals surface area contributed by atoms with Gasteiger partial charge in [-0.25, -0.2) is 0 Å². The van der Waals surface area contributed by atoms with Crippen molar-refractivity contribution in [2.45, 2.75) is 32.9 Å². The van der Waals surface area contributed by atoms with Gasteiger partial charge >= 0.3 is 0 Å². The normalized spacial score (nSPS) is 16.2. The second-order valence-electron chi connectivity index (χ2n) is 5.39. The van der Waals surface area contributed by atoms with Crippen LogP contribution in [-0.4, -0.2) is 18.2 Å². The summed E-state index contributed by atoms with van der Waals surface area (Å²) in [6.07, 6.45) is 2.99. The Kier molecular flexibility index (Phi) is 3.69. The summed E-state index contributed by atoms with van der Waals surface area (Å²) in [5.74, 6) is 1.88. The average molecular weight is 284 g/mol. The molecule has 0 saturated heterocycles. The van der Waals surface area contributed by atoms with Crippen molar-refractivity contribution in [1.29, 1.82) is 0 Å². The molecule has 21 heavy (non-hydrogen) atoms. The van der Waals surface area contributed by atoms with E-state index in [0.717, 1.165) is 34.9 Å². The van der Waals surface area contributed by atoms with Gasteiger partial charge in [0.2, 0.25) is 0 Å². The number of benzene rings is 1. The zero-order valence-electron chi connectivity index (χ0n) is 12.6. The number of hydrogen-bond acceptors (Lipinski definition) is 4. The highest BCUT2D eigenvalue weighted by Crippen LogP contribution is 2.35. The van der Waals surface area contributed by atoms with E-state index in [9.17, 15) is 0 Å². The predicted octanol–water partition coefficient (Wildman–Crippen LogP) is 3.33. The minimum Gasteiger partial charge on any atom is -0.496 e. The maximum atomic E-state index is 5.83. The molecule has 1 atom stereocenters. The summed E-state index contributed by atoms with van der Waals surface area (Å²) in [5.41, 5.74) is 4.34. The third kappa shape index (κ3) is 2.79. The van der Waals surface area contributed by atoms with Crippen molar-refractivity contribution in [3.8, 4) is 11.5 Å². The van der Waals surface area contributed by atoms with Crippen LogP contribution >= 0.6 is 0 Å². The predicted molar refractivity (Wildman–Crippen MR) is 83.1 cm³/mol. The Morgan fingerprint density at radius 1 is 1.43 bits per heavy atom. The number of hydrogen-bond donors (Lipinski definition) is 1. The lowest BCUT2D eigenvalue weighted by molar-refractivity contribution is 0.254. The fourth-order valence-corrected chi connectivity index (χ4v) is 2.67.